The fourth-order valence-electron chi connectivity index (χ4n) is 3.70. The number of rotatable bonds is 6. The van der Waals surface area contributed by atoms with E-state index in [-0.39, 0.29) is 0 Å². The first-order chi connectivity index (χ1) is 13.1. The Bertz CT molecular complexity index is 682. The molecule has 6 heteroatoms. The second-order valence-electron chi connectivity index (χ2n) is 7.26. The standard InChI is InChI=1S/C21H27N3S3/c1-16(19-7-4-10-25-19)22-13-23(17(2)20-8-5-11-26-20)15-24(14-22)18(3)21-9-6-12-27-21/h4-12,16-18H,13-15H2,1-3H3. The minimum atomic E-state index is 0.432. The van der Waals surface area contributed by atoms with Crippen LogP contribution in [-0.4, -0.2) is 34.7 Å². The van der Waals surface area contributed by atoms with Crippen LogP contribution in [-0.2, 0) is 0 Å². The van der Waals surface area contributed by atoms with Gasteiger partial charge in [0.05, 0.1) is 20.0 Å². The van der Waals surface area contributed by atoms with Crippen molar-refractivity contribution in [2.45, 2.75) is 38.9 Å². The van der Waals surface area contributed by atoms with Gasteiger partial charge >= 0.3 is 0 Å². The number of thiophene rings is 3. The van der Waals surface area contributed by atoms with Crippen molar-refractivity contribution in [3.8, 4) is 0 Å². The van der Waals surface area contributed by atoms with Gasteiger partial charge in [-0.1, -0.05) is 18.2 Å². The molecule has 0 spiro atoms. The van der Waals surface area contributed by atoms with Gasteiger partial charge in [0.15, 0.2) is 0 Å². The molecule has 0 N–H and O–H groups in total. The van der Waals surface area contributed by atoms with Crippen LogP contribution in [0.3, 0.4) is 0 Å². The molecule has 3 aromatic rings. The van der Waals surface area contributed by atoms with Crippen molar-refractivity contribution in [2.75, 3.05) is 20.0 Å². The second kappa shape index (κ2) is 8.55. The summed E-state index contributed by atoms with van der Waals surface area (Å²) in [7, 11) is 0. The van der Waals surface area contributed by atoms with Gasteiger partial charge in [-0.05, 0) is 55.1 Å². The summed E-state index contributed by atoms with van der Waals surface area (Å²) in [6.07, 6.45) is 0. The molecule has 4 rings (SSSR count). The fraction of sp³-hybridized carbons (Fsp3) is 0.429. The van der Waals surface area contributed by atoms with E-state index in [2.05, 4.69) is 88.0 Å². The predicted octanol–water partition coefficient (Wildman–Crippen LogP) is 6.25. The van der Waals surface area contributed by atoms with E-state index in [1.54, 1.807) is 0 Å². The zero-order valence-corrected chi connectivity index (χ0v) is 18.6. The molecular formula is C21H27N3S3. The normalized spacial score (nSPS) is 20.6. The Morgan fingerprint density at radius 3 is 1.11 bits per heavy atom. The van der Waals surface area contributed by atoms with E-state index in [9.17, 15) is 0 Å². The van der Waals surface area contributed by atoms with E-state index in [0.29, 0.717) is 18.1 Å². The maximum atomic E-state index is 2.61. The molecule has 0 aromatic carbocycles. The summed E-state index contributed by atoms with van der Waals surface area (Å²) in [5.41, 5.74) is 0. The monoisotopic (exact) mass is 417 g/mol. The highest BCUT2D eigenvalue weighted by atomic mass is 32.1. The third-order valence-corrected chi connectivity index (χ3v) is 8.73. The largest absolute Gasteiger partial charge is 0.270 e. The molecule has 1 fully saturated rings. The van der Waals surface area contributed by atoms with Crippen molar-refractivity contribution in [3.63, 3.8) is 0 Å². The van der Waals surface area contributed by atoms with Crippen LogP contribution in [0, 0.1) is 0 Å². The average Bonchev–Trinajstić information content (AvgIpc) is 3.47. The molecule has 0 saturated carbocycles. The molecule has 27 heavy (non-hydrogen) atoms. The van der Waals surface area contributed by atoms with E-state index in [4.69, 9.17) is 0 Å². The summed E-state index contributed by atoms with van der Waals surface area (Å²) >= 11 is 5.59. The molecule has 1 aliphatic heterocycles. The van der Waals surface area contributed by atoms with Crippen LogP contribution >= 0.6 is 34.0 Å². The maximum absolute atomic E-state index is 2.61. The third kappa shape index (κ3) is 4.21. The van der Waals surface area contributed by atoms with E-state index < -0.39 is 0 Å². The van der Waals surface area contributed by atoms with Crippen molar-refractivity contribution in [2.24, 2.45) is 0 Å². The molecular weight excluding hydrogens is 390 g/mol. The van der Waals surface area contributed by atoms with Crippen LogP contribution in [0.4, 0.5) is 0 Å². The van der Waals surface area contributed by atoms with Gasteiger partial charge in [0, 0.05) is 32.8 Å². The third-order valence-electron chi connectivity index (χ3n) is 5.60. The molecule has 3 atom stereocenters. The molecule has 144 valence electrons. The van der Waals surface area contributed by atoms with Crippen LogP contribution in [0.2, 0.25) is 0 Å². The zero-order chi connectivity index (χ0) is 18.8. The Morgan fingerprint density at radius 2 is 0.889 bits per heavy atom. The van der Waals surface area contributed by atoms with Crippen LogP contribution in [0.5, 0.6) is 0 Å². The van der Waals surface area contributed by atoms with Crippen molar-refractivity contribution in [3.05, 3.63) is 67.2 Å². The number of hydrogen-bond acceptors (Lipinski definition) is 6. The van der Waals surface area contributed by atoms with Crippen molar-refractivity contribution >= 4 is 34.0 Å². The molecule has 1 saturated heterocycles. The van der Waals surface area contributed by atoms with Gasteiger partial charge in [0.2, 0.25) is 0 Å². The first kappa shape index (κ1) is 19.3. The van der Waals surface area contributed by atoms with Crippen molar-refractivity contribution in [1.82, 2.24) is 14.7 Å². The Hall–Kier alpha value is -1.02. The lowest BCUT2D eigenvalue weighted by Gasteiger charge is -2.48. The smallest absolute Gasteiger partial charge is 0.0542 e. The van der Waals surface area contributed by atoms with Gasteiger partial charge in [0.25, 0.3) is 0 Å². The van der Waals surface area contributed by atoms with Crippen molar-refractivity contribution in [1.29, 1.82) is 0 Å². The summed E-state index contributed by atoms with van der Waals surface area (Å²) < 4.78 is 0. The number of nitrogens with zero attached hydrogens (tertiary/aromatic N) is 3. The lowest BCUT2D eigenvalue weighted by atomic mass is 10.2. The molecule has 0 aliphatic carbocycles. The van der Waals surface area contributed by atoms with Gasteiger partial charge in [-0.3, -0.25) is 14.7 Å². The SMILES string of the molecule is CC(c1cccs1)N1CN(C(C)c2cccs2)CN(C(C)c2cccs2)C1. The highest BCUT2D eigenvalue weighted by Crippen LogP contribution is 2.34. The molecule has 3 aromatic heterocycles. The molecule has 0 radical (unpaired) electrons. The summed E-state index contributed by atoms with van der Waals surface area (Å²) in [6.45, 7) is 10.1. The summed E-state index contributed by atoms with van der Waals surface area (Å²) in [5, 5.41) is 6.57. The molecule has 0 amide bonds. The predicted molar refractivity (Wildman–Crippen MR) is 118 cm³/mol. The van der Waals surface area contributed by atoms with E-state index in [1.165, 1.54) is 14.6 Å². The molecule has 0 bridgehead atoms. The molecule has 3 nitrogen and oxygen atoms in total. The molecule has 3 unspecified atom stereocenters. The Balaban J connectivity index is 1.58. The fourth-order valence-corrected chi connectivity index (χ4v) is 6.15. The molecule has 4 heterocycles. The van der Waals surface area contributed by atoms with Crippen molar-refractivity contribution < 1.29 is 0 Å². The Morgan fingerprint density at radius 1 is 0.593 bits per heavy atom. The highest BCUT2D eigenvalue weighted by Gasteiger charge is 2.33. The van der Waals surface area contributed by atoms with Gasteiger partial charge in [-0.15, -0.1) is 34.0 Å². The van der Waals surface area contributed by atoms with Gasteiger partial charge < -0.3 is 0 Å². The van der Waals surface area contributed by atoms with Gasteiger partial charge in [-0.25, -0.2) is 0 Å². The lowest BCUT2D eigenvalue weighted by molar-refractivity contribution is -0.0789. The van der Waals surface area contributed by atoms with Gasteiger partial charge in [0.1, 0.15) is 0 Å². The maximum Gasteiger partial charge on any atom is 0.0542 e. The summed E-state index contributed by atoms with van der Waals surface area (Å²) in [4.78, 5) is 12.2. The number of hydrogen-bond donors (Lipinski definition) is 0. The Labute approximate surface area is 174 Å². The van der Waals surface area contributed by atoms with Crippen LogP contribution in [0.1, 0.15) is 53.5 Å². The average molecular weight is 418 g/mol. The zero-order valence-electron chi connectivity index (χ0n) is 16.1. The van der Waals surface area contributed by atoms with E-state index in [0.717, 1.165) is 20.0 Å². The Kier molecular flexibility index (Phi) is 6.12. The highest BCUT2D eigenvalue weighted by molar-refractivity contribution is 7.10. The van der Waals surface area contributed by atoms with Crippen LogP contribution in [0.25, 0.3) is 0 Å². The van der Waals surface area contributed by atoms with Gasteiger partial charge in [-0.2, -0.15) is 0 Å². The van der Waals surface area contributed by atoms with Crippen LogP contribution in [0.15, 0.2) is 52.5 Å². The summed E-state index contributed by atoms with van der Waals surface area (Å²) in [6, 6.07) is 14.6. The van der Waals surface area contributed by atoms with E-state index in [1.807, 2.05) is 34.0 Å². The van der Waals surface area contributed by atoms with Crippen LogP contribution < -0.4 is 0 Å². The van der Waals surface area contributed by atoms with E-state index >= 15 is 0 Å². The minimum Gasteiger partial charge on any atom is -0.270 e. The lowest BCUT2D eigenvalue weighted by Crippen LogP contribution is -2.56. The first-order valence-corrected chi connectivity index (χ1v) is 12.1. The first-order valence-electron chi connectivity index (χ1n) is 9.46. The molecule has 1 aliphatic rings. The topological polar surface area (TPSA) is 9.72 Å². The second-order valence-corrected chi connectivity index (χ2v) is 10.2. The summed E-state index contributed by atoms with van der Waals surface area (Å²) in [5.74, 6) is 0. The quantitative estimate of drug-likeness (QED) is 0.469. The minimum absolute atomic E-state index is 0.432.